The van der Waals surface area contributed by atoms with E-state index < -0.39 is 20.8 Å². The summed E-state index contributed by atoms with van der Waals surface area (Å²) in [5, 5.41) is 0. The van der Waals surface area contributed by atoms with Gasteiger partial charge in [-0.15, -0.1) is 0 Å². The van der Waals surface area contributed by atoms with Crippen LogP contribution < -0.4 is 0 Å². The van der Waals surface area contributed by atoms with E-state index in [9.17, 15) is 0 Å². The second-order valence-corrected chi connectivity index (χ2v) is 7.55. The van der Waals surface area contributed by atoms with Gasteiger partial charge in [-0.1, -0.05) is 30.7 Å². The van der Waals surface area contributed by atoms with Crippen LogP contribution in [-0.4, -0.2) is 0 Å². The quantitative estimate of drug-likeness (QED) is 0.685. The Hall–Kier alpha value is 0.423. The van der Waals surface area contributed by atoms with Gasteiger partial charge >= 0.3 is 37.9 Å². The summed E-state index contributed by atoms with van der Waals surface area (Å²) >= 11 is -0.826. The molecule has 0 fully saturated rings. The molecular formula is C13H15Cl2Zr. The fourth-order valence-electron chi connectivity index (χ4n) is 2.07. The van der Waals surface area contributed by atoms with Crippen molar-refractivity contribution >= 4 is 23.1 Å². The van der Waals surface area contributed by atoms with Crippen LogP contribution in [0, 0.1) is 13.3 Å². The first kappa shape index (κ1) is 14.5. The van der Waals surface area contributed by atoms with Crippen LogP contribution in [0.25, 0.3) is 6.08 Å². The molecule has 0 nitrogen and oxygen atoms in total. The standard InChI is InChI=1S/C13H15.2ClH.Zr/c1-4-12-10(3)5-6-11-7-9(2)8-13(11)12;;;/h5-8H,4H2,1-3H3;2*1H;/q;;;+2/p-2. The van der Waals surface area contributed by atoms with Gasteiger partial charge in [0.15, 0.2) is 0 Å². The average Bonchev–Trinajstić information content (AvgIpc) is 2.60. The predicted octanol–water partition coefficient (Wildman–Crippen LogP) is 4.90. The van der Waals surface area contributed by atoms with Gasteiger partial charge in [0.1, 0.15) is 0 Å². The Morgan fingerprint density at radius 2 is 1.81 bits per heavy atom. The second kappa shape index (κ2) is 6.99. The number of hydrogen-bond acceptors (Lipinski definition) is 0. The zero-order chi connectivity index (χ0) is 12.1. The molecule has 0 saturated carbocycles. The number of rotatable bonds is 1. The van der Waals surface area contributed by atoms with Crippen molar-refractivity contribution in [3.8, 4) is 0 Å². The number of allylic oxidation sites excluding steroid dienone is 1. The van der Waals surface area contributed by atoms with Gasteiger partial charge < -0.3 is 0 Å². The van der Waals surface area contributed by atoms with Crippen molar-refractivity contribution in [2.75, 3.05) is 0 Å². The summed E-state index contributed by atoms with van der Waals surface area (Å²) in [6, 6.07) is 4.44. The third-order valence-electron chi connectivity index (χ3n) is 2.73. The molecule has 0 unspecified atom stereocenters. The third kappa shape index (κ3) is 3.46. The van der Waals surface area contributed by atoms with E-state index >= 15 is 0 Å². The molecule has 0 heterocycles. The average molecular weight is 333 g/mol. The van der Waals surface area contributed by atoms with Crippen molar-refractivity contribution in [3.05, 3.63) is 46.4 Å². The summed E-state index contributed by atoms with van der Waals surface area (Å²) in [7, 11) is 9.87. The van der Waals surface area contributed by atoms with Gasteiger partial charge in [0.05, 0.1) is 0 Å². The molecule has 1 aliphatic carbocycles. The first-order chi connectivity index (χ1) is 7.63. The fraction of sp³-hybridized carbons (Fsp3) is 0.308. The molecule has 0 aliphatic heterocycles. The van der Waals surface area contributed by atoms with Crippen molar-refractivity contribution in [2.45, 2.75) is 27.2 Å². The van der Waals surface area contributed by atoms with Crippen LogP contribution in [0.1, 0.15) is 36.1 Å². The summed E-state index contributed by atoms with van der Waals surface area (Å²) in [6.45, 7) is 6.58. The summed E-state index contributed by atoms with van der Waals surface area (Å²) in [5.74, 6) is 0. The zero-order valence-electron chi connectivity index (χ0n) is 9.77. The normalized spacial score (nSPS) is 12.4. The van der Waals surface area contributed by atoms with E-state index in [2.05, 4.69) is 45.4 Å². The van der Waals surface area contributed by atoms with Gasteiger partial charge in [-0.05, 0) is 42.5 Å². The fourth-order valence-corrected chi connectivity index (χ4v) is 2.07. The Bertz CT molecular complexity index is 397. The zero-order valence-corrected chi connectivity index (χ0v) is 13.7. The number of halogens is 2. The minimum absolute atomic E-state index is 0.826. The van der Waals surface area contributed by atoms with E-state index in [0.29, 0.717) is 0 Å². The van der Waals surface area contributed by atoms with Gasteiger partial charge in [-0.2, -0.15) is 0 Å². The van der Waals surface area contributed by atoms with Crippen LogP contribution in [0.3, 0.4) is 0 Å². The maximum absolute atomic E-state index is 4.93. The molecular weight excluding hydrogens is 318 g/mol. The first-order valence-corrected chi connectivity index (χ1v) is 11.6. The van der Waals surface area contributed by atoms with Crippen LogP contribution in [0.4, 0.5) is 0 Å². The van der Waals surface area contributed by atoms with Crippen LogP contribution in [0.15, 0.2) is 17.7 Å². The molecule has 0 atom stereocenters. The van der Waals surface area contributed by atoms with Crippen molar-refractivity contribution < 1.29 is 20.8 Å². The Labute approximate surface area is 117 Å². The summed E-state index contributed by atoms with van der Waals surface area (Å²) in [6.07, 6.45) is 5.68. The molecule has 1 radical (unpaired) electrons. The third-order valence-corrected chi connectivity index (χ3v) is 2.73. The number of benzene rings is 1. The van der Waals surface area contributed by atoms with E-state index in [1.165, 1.54) is 27.8 Å². The molecule has 0 aromatic heterocycles. The SMILES string of the molecule is CCc1c(C)ccc2c1C=C(C)[CH]2.[Cl][Zr][Cl]. The maximum atomic E-state index is 4.93. The number of fused-ring (bicyclic) bond motifs is 1. The molecule has 1 aromatic rings. The molecule has 16 heavy (non-hydrogen) atoms. The van der Waals surface area contributed by atoms with Gasteiger partial charge in [-0.3, -0.25) is 0 Å². The van der Waals surface area contributed by atoms with Crippen LogP contribution in [0.2, 0.25) is 0 Å². The van der Waals surface area contributed by atoms with E-state index in [1.807, 2.05) is 0 Å². The molecule has 3 heteroatoms. The Balaban J connectivity index is 0.000000386. The van der Waals surface area contributed by atoms with Crippen molar-refractivity contribution in [3.63, 3.8) is 0 Å². The topological polar surface area (TPSA) is 0 Å². The molecule has 1 aromatic carbocycles. The molecule has 0 spiro atoms. The Morgan fingerprint density at radius 3 is 2.38 bits per heavy atom. The molecule has 2 rings (SSSR count). The van der Waals surface area contributed by atoms with Gasteiger partial charge in [0.2, 0.25) is 0 Å². The van der Waals surface area contributed by atoms with E-state index in [-0.39, 0.29) is 0 Å². The minimum atomic E-state index is -0.826. The molecule has 0 bridgehead atoms. The second-order valence-electron chi connectivity index (χ2n) is 3.82. The van der Waals surface area contributed by atoms with E-state index in [0.717, 1.165) is 6.42 Å². The summed E-state index contributed by atoms with van der Waals surface area (Å²) < 4.78 is 0. The van der Waals surface area contributed by atoms with Crippen LogP contribution >= 0.6 is 17.0 Å². The van der Waals surface area contributed by atoms with Crippen LogP contribution in [0.5, 0.6) is 0 Å². The van der Waals surface area contributed by atoms with Gasteiger partial charge in [0, 0.05) is 6.42 Å². The van der Waals surface area contributed by atoms with Crippen molar-refractivity contribution in [2.24, 2.45) is 0 Å². The summed E-state index contributed by atoms with van der Waals surface area (Å²) in [4.78, 5) is 0. The van der Waals surface area contributed by atoms with Gasteiger partial charge in [0.25, 0.3) is 0 Å². The van der Waals surface area contributed by atoms with Crippen LogP contribution in [-0.2, 0) is 27.3 Å². The Morgan fingerprint density at radius 1 is 1.19 bits per heavy atom. The van der Waals surface area contributed by atoms with Crippen molar-refractivity contribution in [1.29, 1.82) is 0 Å². The molecule has 0 amide bonds. The summed E-state index contributed by atoms with van der Waals surface area (Å²) in [5.41, 5.74) is 7.13. The molecule has 0 N–H and O–H groups in total. The number of hydrogen-bond donors (Lipinski definition) is 0. The van der Waals surface area contributed by atoms with E-state index in [1.54, 1.807) is 0 Å². The molecule has 85 valence electrons. The first-order valence-electron chi connectivity index (χ1n) is 5.25. The number of aryl methyl sites for hydroxylation is 1. The van der Waals surface area contributed by atoms with Gasteiger partial charge in [-0.25, -0.2) is 0 Å². The Kier molecular flexibility index (Phi) is 6.33. The van der Waals surface area contributed by atoms with E-state index in [4.69, 9.17) is 17.0 Å². The molecule has 0 saturated heterocycles. The monoisotopic (exact) mass is 331 g/mol. The molecule has 1 aliphatic rings. The van der Waals surface area contributed by atoms with Crippen molar-refractivity contribution in [1.82, 2.24) is 0 Å². The predicted molar refractivity (Wildman–Crippen MR) is 69.3 cm³/mol.